The van der Waals surface area contributed by atoms with Crippen molar-refractivity contribution in [2.45, 2.75) is 124 Å². The van der Waals surface area contributed by atoms with Gasteiger partial charge in [0, 0.05) is 12.1 Å². The third-order valence-corrected chi connectivity index (χ3v) is 5.83. The van der Waals surface area contributed by atoms with E-state index in [4.69, 9.17) is 4.74 Å². The molecule has 1 aromatic rings. The average Bonchev–Trinajstić information content (AvgIpc) is 2.75. The Balaban J connectivity index is 3.43. The maximum Gasteiger partial charge on any atom is 0.408 e. The van der Waals surface area contributed by atoms with Gasteiger partial charge >= 0.3 is 6.09 Å². The molecule has 216 valence electrons. The number of aliphatic hydroxyl groups excluding tert-OH is 1. The number of aliphatic hydroxyl groups is 1. The summed E-state index contributed by atoms with van der Waals surface area (Å²) in [6, 6.07) is 3.67. The topological polar surface area (TPSA) is 108 Å². The van der Waals surface area contributed by atoms with E-state index in [1.165, 1.54) is 4.90 Å². The minimum atomic E-state index is -1.25. The average molecular weight is 534 g/mol. The molecule has 38 heavy (non-hydrogen) atoms. The molecule has 1 rings (SSSR count). The number of rotatable bonds is 13. The molecule has 8 heteroatoms. The van der Waals surface area contributed by atoms with Crippen molar-refractivity contribution in [1.29, 1.82) is 0 Å². The Morgan fingerprint density at radius 3 is 1.97 bits per heavy atom. The monoisotopic (exact) mass is 533 g/mol. The molecule has 0 radical (unpaired) electrons. The molecule has 0 aliphatic rings. The van der Waals surface area contributed by atoms with E-state index < -0.39 is 41.8 Å². The standard InChI is InChI=1S/C30H51N3O5/c1-10-11-12-13-14-15-16-33(27(36)24(20-34)31-28(37)38-30(7,8)9)25(26(35)32-29(4,5)6)23-18-21(2)17-22(3)19-23/h17-19,24-25,34H,10-16,20H2,1-9H3,(H,31,37)(H,32,35). The molecule has 0 bridgehead atoms. The Hall–Kier alpha value is -2.61. The number of ether oxygens (including phenoxy) is 1. The second-order valence-corrected chi connectivity index (χ2v) is 12.2. The summed E-state index contributed by atoms with van der Waals surface area (Å²) >= 11 is 0. The molecular formula is C30H51N3O5. The zero-order valence-corrected chi connectivity index (χ0v) is 25.1. The number of benzene rings is 1. The van der Waals surface area contributed by atoms with Crippen molar-refractivity contribution in [1.82, 2.24) is 15.5 Å². The lowest BCUT2D eigenvalue weighted by molar-refractivity contribution is -0.144. The van der Waals surface area contributed by atoms with Crippen LogP contribution in [0.3, 0.4) is 0 Å². The zero-order valence-electron chi connectivity index (χ0n) is 25.1. The van der Waals surface area contributed by atoms with Crippen LogP contribution in [0.25, 0.3) is 0 Å². The van der Waals surface area contributed by atoms with Gasteiger partial charge in [0.05, 0.1) is 6.61 Å². The van der Waals surface area contributed by atoms with Gasteiger partial charge in [-0.3, -0.25) is 9.59 Å². The maximum atomic E-state index is 13.9. The van der Waals surface area contributed by atoms with Gasteiger partial charge in [-0.25, -0.2) is 4.79 Å². The van der Waals surface area contributed by atoms with Crippen LogP contribution in [0.15, 0.2) is 18.2 Å². The highest BCUT2D eigenvalue weighted by Gasteiger charge is 2.37. The van der Waals surface area contributed by atoms with Gasteiger partial charge in [0.2, 0.25) is 11.8 Å². The van der Waals surface area contributed by atoms with Crippen LogP contribution in [-0.2, 0) is 14.3 Å². The molecule has 0 aromatic heterocycles. The fraction of sp³-hybridized carbons (Fsp3) is 0.700. The van der Waals surface area contributed by atoms with Gasteiger partial charge in [-0.2, -0.15) is 0 Å². The number of alkyl carbamates (subject to hydrolysis) is 1. The lowest BCUT2D eigenvalue weighted by Crippen LogP contribution is -2.55. The smallest absolute Gasteiger partial charge is 0.408 e. The first-order chi connectivity index (χ1) is 17.6. The van der Waals surface area contributed by atoms with Crippen molar-refractivity contribution < 1.29 is 24.2 Å². The molecule has 2 unspecified atom stereocenters. The third-order valence-electron chi connectivity index (χ3n) is 5.83. The summed E-state index contributed by atoms with van der Waals surface area (Å²) in [5, 5.41) is 15.6. The molecule has 0 aliphatic carbocycles. The van der Waals surface area contributed by atoms with E-state index >= 15 is 0 Å². The highest BCUT2D eigenvalue weighted by atomic mass is 16.6. The Morgan fingerprint density at radius 2 is 1.47 bits per heavy atom. The largest absolute Gasteiger partial charge is 0.444 e. The predicted molar refractivity (Wildman–Crippen MR) is 152 cm³/mol. The van der Waals surface area contributed by atoms with Gasteiger partial charge in [-0.15, -0.1) is 0 Å². The van der Waals surface area contributed by atoms with Crippen LogP contribution in [0.5, 0.6) is 0 Å². The van der Waals surface area contributed by atoms with E-state index in [9.17, 15) is 19.5 Å². The predicted octanol–water partition coefficient (Wildman–Crippen LogP) is 5.33. The van der Waals surface area contributed by atoms with E-state index in [0.717, 1.165) is 43.2 Å². The van der Waals surface area contributed by atoms with Crippen LogP contribution in [-0.4, -0.2) is 58.2 Å². The number of nitrogens with one attached hydrogen (secondary N) is 2. The summed E-state index contributed by atoms with van der Waals surface area (Å²) in [5.74, 6) is -0.837. The van der Waals surface area contributed by atoms with Crippen LogP contribution in [0, 0.1) is 13.8 Å². The molecule has 0 saturated carbocycles. The first-order valence-corrected chi connectivity index (χ1v) is 13.9. The van der Waals surface area contributed by atoms with Crippen molar-refractivity contribution in [2.24, 2.45) is 0 Å². The van der Waals surface area contributed by atoms with Crippen LogP contribution in [0.4, 0.5) is 4.79 Å². The van der Waals surface area contributed by atoms with E-state index in [1.807, 2.05) is 52.8 Å². The summed E-state index contributed by atoms with van der Waals surface area (Å²) in [4.78, 5) is 41.6. The SMILES string of the molecule is CCCCCCCCN(C(=O)C(CO)NC(=O)OC(C)(C)C)C(C(=O)NC(C)(C)C)c1cc(C)cc(C)c1. The lowest BCUT2D eigenvalue weighted by atomic mass is 9.97. The Labute approximate surface area is 229 Å². The van der Waals surface area contributed by atoms with E-state index in [2.05, 4.69) is 17.6 Å². The van der Waals surface area contributed by atoms with E-state index in [1.54, 1.807) is 20.8 Å². The van der Waals surface area contributed by atoms with E-state index in [0.29, 0.717) is 18.5 Å². The van der Waals surface area contributed by atoms with Crippen LogP contribution >= 0.6 is 0 Å². The molecule has 0 heterocycles. The van der Waals surface area contributed by atoms with Crippen LogP contribution in [0.2, 0.25) is 0 Å². The molecule has 0 aliphatic heterocycles. The fourth-order valence-corrected chi connectivity index (χ4v) is 4.34. The molecule has 0 saturated heterocycles. The minimum Gasteiger partial charge on any atom is -0.444 e. The fourth-order valence-electron chi connectivity index (χ4n) is 4.34. The quantitative estimate of drug-likeness (QED) is 0.297. The number of hydrogen-bond acceptors (Lipinski definition) is 5. The first-order valence-electron chi connectivity index (χ1n) is 13.9. The van der Waals surface area contributed by atoms with Gasteiger partial charge in [-0.05, 0) is 67.4 Å². The molecule has 1 aromatic carbocycles. The normalized spacial score (nSPS) is 13.4. The van der Waals surface area contributed by atoms with Crippen LogP contribution < -0.4 is 10.6 Å². The molecule has 0 spiro atoms. The highest BCUT2D eigenvalue weighted by molar-refractivity contribution is 5.92. The van der Waals surface area contributed by atoms with Crippen molar-refractivity contribution in [2.75, 3.05) is 13.2 Å². The molecular weight excluding hydrogens is 482 g/mol. The van der Waals surface area contributed by atoms with Gasteiger partial charge in [-0.1, -0.05) is 68.4 Å². The maximum absolute atomic E-state index is 13.9. The summed E-state index contributed by atoms with van der Waals surface area (Å²) in [5.41, 5.74) is 1.36. The second-order valence-electron chi connectivity index (χ2n) is 12.2. The Bertz CT molecular complexity index is 897. The minimum absolute atomic E-state index is 0.309. The van der Waals surface area contributed by atoms with Crippen molar-refractivity contribution in [3.63, 3.8) is 0 Å². The number of hydrogen-bond donors (Lipinski definition) is 3. The number of amides is 3. The van der Waals surface area contributed by atoms with Crippen molar-refractivity contribution >= 4 is 17.9 Å². The molecule has 2 atom stereocenters. The zero-order chi connectivity index (χ0) is 29.1. The van der Waals surface area contributed by atoms with Gasteiger partial charge in [0.25, 0.3) is 0 Å². The van der Waals surface area contributed by atoms with Gasteiger partial charge in [0.15, 0.2) is 0 Å². The van der Waals surface area contributed by atoms with Crippen LogP contribution in [0.1, 0.15) is 110 Å². The van der Waals surface area contributed by atoms with Crippen molar-refractivity contribution in [3.8, 4) is 0 Å². The van der Waals surface area contributed by atoms with Gasteiger partial charge < -0.3 is 25.4 Å². The van der Waals surface area contributed by atoms with Gasteiger partial charge in [0.1, 0.15) is 17.7 Å². The highest BCUT2D eigenvalue weighted by Crippen LogP contribution is 2.26. The number of carbonyl (C=O) groups is 3. The summed E-state index contributed by atoms with van der Waals surface area (Å²) in [6.45, 7) is 16.6. The number of aryl methyl sites for hydroxylation is 2. The summed E-state index contributed by atoms with van der Waals surface area (Å²) < 4.78 is 5.31. The second kappa shape index (κ2) is 15.1. The summed E-state index contributed by atoms with van der Waals surface area (Å²) in [6.07, 6.45) is 5.27. The number of nitrogens with zero attached hydrogens (tertiary/aromatic N) is 1. The van der Waals surface area contributed by atoms with Crippen molar-refractivity contribution in [3.05, 3.63) is 34.9 Å². The number of carbonyl (C=O) groups excluding carboxylic acids is 3. The number of unbranched alkanes of at least 4 members (excludes halogenated alkanes) is 5. The van der Waals surface area contributed by atoms with E-state index in [-0.39, 0.29) is 5.91 Å². The third kappa shape index (κ3) is 12.3. The molecule has 3 N–H and O–H groups in total. The molecule has 0 fully saturated rings. The Kier molecular flexibility index (Phi) is 13.3. The Morgan fingerprint density at radius 1 is 0.921 bits per heavy atom. The lowest BCUT2D eigenvalue weighted by Gasteiger charge is -2.36. The molecule has 3 amide bonds. The molecule has 8 nitrogen and oxygen atoms in total. The summed E-state index contributed by atoms with van der Waals surface area (Å²) in [7, 11) is 0. The first kappa shape index (κ1) is 33.4.